The summed E-state index contributed by atoms with van der Waals surface area (Å²) in [6.07, 6.45) is 0.418. The van der Waals surface area contributed by atoms with Crippen molar-refractivity contribution in [2.24, 2.45) is 5.73 Å². The van der Waals surface area contributed by atoms with E-state index >= 15 is 0 Å². The van der Waals surface area contributed by atoms with Crippen molar-refractivity contribution >= 4 is 11.8 Å². The van der Waals surface area contributed by atoms with Gasteiger partial charge in [-0.15, -0.1) is 0 Å². The number of nitrogens with zero attached hydrogens (tertiary/aromatic N) is 1. The highest BCUT2D eigenvalue weighted by molar-refractivity contribution is 5.96. The third-order valence-corrected chi connectivity index (χ3v) is 2.67. The summed E-state index contributed by atoms with van der Waals surface area (Å²) in [5, 5.41) is 8.67. The van der Waals surface area contributed by atoms with Gasteiger partial charge in [0, 0.05) is 24.6 Å². The number of amides is 2. The van der Waals surface area contributed by atoms with Crippen LogP contribution in [0.2, 0.25) is 0 Å². The molecule has 0 heterocycles. The Morgan fingerprint density at radius 2 is 2.10 bits per heavy atom. The van der Waals surface area contributed by atoms with Crippen LogP contribution < -0.4 is 5.73 Å². The first kappa shape index (κ1) is 15.7. The summed E-state index contributed by atoms with van der Waals surface area (Å²) in [6.45, 7) is 1.77. The van der Waals surface area contributed by atoms with Crippen LogP contribution in [0.25, 0.3) is 0 Å². The van der Waals surface area contributed by atoms with E-state index < -0.39 is 5.91 Å². The minimum absolute atomic E-state index is 0.0283. The molecule has 0 fully saturated rings. The Labute approximate surface area is 118 Å². The molecule has 1 aromatic rings. The van der Waals surface area contributed by atoms with Gasteiger partial charge in [0.15, 0.2) is 0 Å². The van der Waals surface area contributed by atoms with Gasteiger partial charge in [-0.1, -0.05) is 11.8 Å². The number of primary amides is 1. The molecular weight excluding hydrogens is 256 g/mol. The zero-order valence-corrected chi connectivity index (χ0v) is 11.6. The first-order valence-electron chi connectivity index (χ1n) is 6.20. The van der Waals surface area contributed by atoms with Gasteiger partial charge in [0.2, 0.25) is 5.91 Å². The van der Waals surface area contributed by atoms with E-state index in [0.29, 0.717) is 12.0 Å². The van der Waals surface area contributed by atoms with Crippen molar-refractivity contribution in [2.75, 3.05) is 20.2 Å². The molecule has 0 saturated carbocycles. The molecule has 0 aliphatic heterocycles. The molecule has 1 rings (SSSR count). The summed E-state index contributed by atoms with van der Waals surface area (Å²) < 4.78 is 0. The maximum atomic E-state index is 12.1. The highest BCUT2D eigenvalue weighted by atomic mass is 16.2. The fourth-order valence-electron chi connectivity index (χ4n) is 1.68. The van der Waals surface area contributed by atoms with Crippen LogP contribution in [0.1, 0.15) is 27.9 Å². The molecule has 0 unspecified atom stereocenters. The Balaban J connectivity index is 2.90. The SMILES string of the molecule is Cc1cc(C(=O)N(C)CC(N)=O)ccc1C#CCCO. The molecule has 1 aromatic carbocycles. The number of carbonyl (C=O) groups is 2. The maximum absolute atomic E-state index is 12.1. The molecule has 0 spiro atoms. The van der Waals surface area contributed by atoms with E-state index in [1.165, 1.54) is 11.9 Å². The molecule has 0 radical (unpaired) electrons. The van der Waals surface area contributed by atoms with Crippen LogP contribution in [0, 0.1) is 18.8 Å². The monoisotopic (exact) mass is 274 g/mol. The maximum Gasteiger partial charge on any atom is 0.254 e. The zero-order valence-electron chi connectivity index (χ0n) is 11.6. The van der Waals surface area contributed by atoms with Crippen LogP contribution in [0.5, 0.6) is 0 Å². The Hall–Kier alpha value is -2.32. The van der Waals surface area contributed by atoms with E-state index in [4.69, 9.17) is 10.8 Å². The predicted molar refractivity (Wildman–Crippen MR) is 75.9 cm³/mol. The average Bonchev–Trinajstić information content (AvgIpc) is 2.39. The van der Waals surface area contributed by atoms with Crippen LogP contribution >= 0.6 is 0 Å². The molecule has 106 valence electrons. The molecule has 0 aliphatic rings. The summed E-state index contributed by atoms with van der Waals surface area (Å²) in [6, 6.07) is 5.14. The predicted octanol–water partition coefficient (Wildman–Crippen LogP) is 0.286. The molecule has 0 aromatic heterocycles. The highest BCUT2D eigenvalue weighted by Gasteiger charge is 2.14. The van der Waals surface area contributed by atoms with Crippen molar-refractivity contribution in [3.63, 3.8) is 0 Å². The van der Waals surface area contributed by atoms with E-state index in [0.717, 1.165) is 11.1 Å². The Morgan fingerprint density at radius 3 is 2.65 bits per heavy atom. The first-order valence-corrected chi connectivity index (χ1v) is 6.20. The van der Waals surface area contributed by atoms with Gasteiger partial charge < -0.3 is 15.7 Å². The summed E-state index contributed by atoms with van der Waals surface area (Å²) in [5.74, 6) is 4.95. The van der Waals surface area contributed by atoms with Crippen LogP contribution in [-0.2, 0) is 4.79 Å². The number of benzene rings is 1. The Morgan fingerprint density at radius 1 is 1.40 bits per heavy atom. The number of hydrogen-bond acceptors (Lipinski definition) is 3. The summed E-state index contributed by atoms with van der Waals surface area (Å²) >= 11 is 0. The summed E-state index contributed by atoms with van der Waals surface area (Å²) in [4.78, 5) is 24.1. The van der Waals surface area contributed by atoms with Crippen LogP contribution in [0.15, 0.2) is 18.2 Å². The molecule has 0 aliphatic carbocycles. The van der Waals surface area contributed by atoms with E-state index in [2.05, 4.69) is 11.8 Å². The molecule has 5 heteroatoms. The number of aliphatic hydroxyl groups excluding tert-OH is 1. The van der Waals surface area contributed by atoms with Crippen molar-refractivity contribution < 1.29 is 14.7 Å². The second kappa shape index (κ2) is 7.31. The van der Waals surface area contributed by atoms with Crippen LogP contribution in [-0.4, -0.2) is 42.0 Å². The van der Waals surface area contributed by atoms with Crippen molar-refractivity contribution in [1.82, 2.24) is 4.90 Å². The lowest BCUT2D eigenvalue weighted by Gasteiger charge is -2.15. The first-order chi connectivity index (χ1) is 9.45. The lowest BCUT2D eigenvalue weighted by Crippen LogP contribution is -2.35. The van der Waals surface area contributed by atoms with Gasteiger partial charge in [0.25, 0.3) is 5.91 Å². The van der Waals surface area contributed by atoms with Gasteiger partial charge in [-0.2, -0.15) is 0 Å². The molecular formula is C15H18N2O3. The fraction of sp³-hybridized carbons (Fsp3) is 0.333. The Kier molecular flexibility index (Phi) is 5.75. The molecule has 0 bridgehead atoms. The number of hydrogen-bond donors (Lipinski definition) is 2. The van der Waals surface area contributed by atoms with Crippen molar-refractivity contribution in [2.45, 2.75) is 13.3 Å². The number of rotatable bonds is 4. The minimum atomic E-state index is -0.552. The average molecular weight is 274 g/mol. The van der Waals surface area contributed by atoms with Crippen molar-refractivity contribution in [3.05, 3.63) is 34.9 Å². The number of nitrogens with two attached hydrogens (primary N) is 1. The van der Waals surface area contributed by atoms with Gasteiger partial charge in [-0.05, 0) is 30.7 Å². The number of aliphatic hydroxyl groups is 1. The number of aryl methyl sites for hydroxylation is 1. The molecule has 20 heavy (non-hydrogen) atoms. The van der Waals surface area contributed by atoms with Gasteiger partial charge in [-0.25, -0.2) is 0 Å². The van der Waals surface area contributed by atoms with E-state index in [1.54, 1.807) is 18.2 Å². The lowest BCUT2D eigenvalue weighted by molar-refractivity contribution is -0.118. The van der Waals surface area contributed by atoms with E-state index in [9.17, 15) is 9.59 Å². The normalized spacial score (nSPS) is 9.55. The second-order valence-corrected chi connectivity index (χ2v) is 4.43. The standard InChI is InChI=1S/C15H18N2O3/c1-11-9-13(15(20)17(2)10-14(16)19)7-6-12(11)5-3-4-8-18/h6-7,9,18H,4,8,10H2,1-2H3,(H2,16,19). The lowest BCUT2D eigenvalue weighted by atomic mass is 10.0. The van der Waals surface area contributed by atoms with Gasteiger partial charge >= 0.3 is 0 Å². The fourth-order valence-corrected chi connectivity index (χ4v) is 1.68. The second-order valence-electron chi connectivity index (χ2n) is 4.43. The van der Waals surface area contributed by atoms with Crippen LogP contribution in [0.3, 0.4) is 0 Å². The minimum Gasteiger partial charge on any atom is -0.395 e. The van der Waals surface area contributed by atoms with Crippen molar-refractivity contribution in [3.8, 4) is 11.8 Å². The highest BCUT2D eigenvalue weighted by Crippen LogP contribution is 2.12. The van der Waals surface area contributed by atoms with Gasteiger partial charge in [-0.3, -0.25) is 9.59 Å². The molecule has 0 saturated heterocycles. The quantitative estimate of drug-likeness (QED) is 0.774. The Bertz CT molecular complexity index is 570. The summed E-state index contributed by atoms with van der Waals surface area (Å²) in [7, 11) is 1.53. The van der Waals surface area contributed by atoms with Gasteiger partial charge in [0.05, 0.1) is 13.2 Å². The smallest absolute Gasteiger partial charge is 0.254 e. The topological polar surface area (TPSA) is 83.6 Å². The van der Waals surface area contributed by atoms with Gasteiger partial charge in [0.1, 0.15) is 0 Å². The number of likely N-dealkylation sites (N-methyl/N-ethyl adjacent to an activating group) is 1. The summed E-state index contributed by atoms with van der Waals surface area (Å²) in [5.41, 5.74) is 7.23. The van der Waals surface area contributed by atoms with Crippen molar-refractivity contribution in [1.29, 1.82) is 0 Å². The number of carbonyl (C=O) groups excluding carboxylic acids is 2. The molecule has 2 amide bonds. The van der Waals surface area contributed by atoms with Crippen LogP contribution in [0.4, 0.5) is 0 Å². The zero-order chi connectivity index (χ0) is 15.1. The van der Waals surface area contributed by atoms with E-state index in [-0.39, 0.29) is 19.1 Å². The van der Waals surface area contributed by atoms with E-state index in [1.807, 2.05) is 6.92 Å². The third kappa shape index (κ3) is 4.41. The molecule has 5 nitrogen and oxygen atoms in total. The molecule has 3 N–H and O–H groups in total. The largest absolute Gasteiger partial charge is 0.395 e. The third-order valence-electron chi connectivity index (χ3n) is 2.67. The molecule has 0 atom stereocenters.